The van der Waals surface area contributed by atoms with Crippen molar-refractivity contribution in [1.29, 1.82) is 0 Å². The number of aromatic hydroxyl groups is 1. The number of alkyl halides is 3. The molecule has 2 rings (SSSR count). The Kier molecular flexibility index (Phi) is 15.3. The molecule has 2 aromatic carbocycles. The van der Waals surface area contributed by atoms with Crippen LogP contribution >= 0.6 is 11.8 Å². The van der Waals surface area contributed by atoms with Crippen molar-refractivity contribution in [3.05, 3.63) is 65.7 Å². The number of thioether (sulfide) groups is 1. The number of aliphatic carboxylic acids is 1. The van der Waals surface area contributed by atoms with Crippen molar-refractivity contribution in [2.24, 2.45) is 5.73 Å². The smallest absolute Gasteiger partial charge is 0.389 e. The molecule has 46 heavy (non-hydrogen) atoms. The van der Waals surface area contributed by atoms with E-state index in [4.69, 9.17) is 5.73 Å². The van der Waals surface area contributed by atoms with Gasteiger partial charge in [-0.2, -0.15) is 24.9 Å². The SMILES string of the molecule is CSCC[C@H](NC(=O)[C@H](Cc1ccccc1)NC(=O)CNC(=O)[C@@H](CCC(F)(F)F)NC(=O)[C@@H](N)Cc1ccc(O)cc1)C(=O)O. The second-order valence-corrected chi connectivity index (χ2v) is 11.4. The van der Waals surface area contributed by atoms with Crippen LogP contribution in [0.25, 0.3) is 0 Å². The van der Waals surface area contributed by atoms with E-state index in [-0.39, 0.29) is 25.0 Å². The van der Waals surface area contributed by atoms with Crippen LogP contribution < -0.4 is 27.0 Å². The third kappa shape index (κ3) is 14.2. The van der Waals surface area contributed by atoms with Gasteiger partial charge in [-0.05, 0) is 54.5 Å². The summed E-state index contributed by atoms with van der Waals surface area (Å²) < 4.78 is 39.0. The normalized spacial score (nSPS) is 13.8. The molecule has 0 aromatic heterocycles. The molecule has 0 bridgehead atoms. The van der Waals surface area contributed by atoms with E-state index >= 15 is 0 Å². The first-order chi connectivity index (χ1) is 21.7. The third-order valence-electron chi connectivity index (χ3n) is 6.66. The van der Waals surface area contributed by atoms with Gasteiger partial charge < -0.3 is 37.2 Å². The first-order valence-corrected chi connectivity index (χ1v) is 15.6. The van der Waals surface area contributed by atoms with Crippen molar-refractivity contribution < 1.29 is 47.4 Å². The summed E-state index contributed by atoms with van der Waals surface area (Å²) in [5.41, 5.74) is 7.10. The van der Waals surface area contributed by atoms with Crippen LogP contribution in [0.3, 0.4) is 0 Å². The maximum atomic E-state index is 13.1. The van der Waals surface area contributed by atoms with Gasteiger partial charge in [0.15, 0.2) is 0 Å². The predicted octanol–water partition coefficient (Wildman–Crippen LogP) is 1.26. The first-order valence-electron chi connectivity index (χ1n) is 14.2. The maximum Gasteiger partial charge on any atom is 0.389 e. The first kappa shape index (κ1) is 37.9. The standard InChI is InChI=1S/C30H38F3N5O7S/c1-46-14-12-23(29(44)45)38-28(43)24(16-18-5-3-2-4-6-18)36-25(40)17-35-27(42)22(11-13-30(31,32)33)37-26(41)21(34)15-19-7-9-20(39)10-8-19/h2-10,21-24,39H,11-17,34H2,1H3,(H,35,42)(H,36,40)(H,37,41)(H,38,43)(H,44,45)/t21-,22+,23-,24-/m0/s1. The van der Waals surface area contributed by atoms with Crippen molar-refractivity contribution >= 4 is 41.4 Å². The van der Waals surface area contributed by atoms with Crippen LogP contribution in [0.5, 0.6) is 5.75 Å². The molecule has 0 aliphatic carbocycles. The van der Waals surface area contributed by atoms with Gasteiger partial charge in [-0.1, -0.05) is 42.5 Å². The highest BCUT2D eigenvalue weighted by Crippen LogP contribution is 2.22. The van der Waals surface area contributed by atoms with E-state index in [1.807, 2.05) is 0 Å². The van der Waals surface area contributed by atoms with Gasteiger partial charge in [-0.3, -0.25) is 19.2 Å². The maximum absolute atomic E-state index is 13.1. The highest BCUT2D eigenvalue weighted by molar-refractivity contribution is 7.98. The number of nitrogens with one attached hydrogen (secondary N) is 4. The molecule has 0 saturated heterocycles. The molecule has 0 spiro atoms. The van der Waals surface area contributed by atoms with Crippen molar-refractivity contribution in [2.75, 3.05) is 18.6 Å². The molecule has 0 saturated carbocycles. The van der Waals surface area contributed by atoms with Crippen LogP contribution in [0.2, 0.25) is 0 Å². The predicted molar refractivity (Wildman–Crippen MR) is 165 cm³/mol. The number of carboxylic acids is 1. The van der Waals surface area contributed by atoms with E-state index in [0.717, 1.165) is 0 Å². The molecule has 0 fully saturated rings. The molecule has 0 unspecified atom stereocenters. The Morgan fingerprint density at radius 3 is 2.00 bits per heavy atom. The highest BCUT2D eigenvalue weighted by atomic mass is 32.2. The lowest BCUT2D eigenvalue weighted by atomic mass is 10.0. The minimum atomic E-state index is -4.64. The van der Waals surface area contributed by atoms with Crippen molar-refractivity contribution in [3.63, 3.8) is 0 Å². The average molecular weight is 670 g/mol. The Hall–Kier alpha value is -4.31. The number of halogens is 3. The fourth-order valence-electron chi connectivity index (χ4n) is 4.19. The molecule has 252 valence electrons. The molecule has 0 aliphatic heterocycles. The van der Waals surface area contributed by atoms with E-state index in [9.17, 15) is 47.4 Å². The van der Waals surface area contributed by atoms with E-state index in [1.165, 1.54) is 36.0 Å². The van der Waals surface area contributed by atoms with Gasteiger partial charge in [0.05, 0.1) is 12.6 Å². The molecule has 2 aromatic rings. The number of phenols is 1. The zero-order valence-corrected chi connectivity index (χ0v) is 25.8. The molecular formula is C30H38F3N5O7S. The van der Waals surface area contributed by atoms with Crippen LogP contribution in [0.1, 0.15) is 30.4 Å². The van der Waals surface area contributed by atoms with Gasteiger partial charge in [0.25, 0.3) is 0 Å². The lowest BCUT2D eigenvalue weighted by Crippen LogP contribution is -2.55. The monoisotopic (exact) mass is 669 g/mol. The van der Waals surface area contributed by atoms with Crippen molar-refractivity contribution in [1.82, 2.24) is 21.3 Å². The van der Waals surface area contributed by atoms with E-state index in [2.05, 4.69) is 21.3 Å². The van der Waals surface area contributed by atoms with Crippen LogP contribution in [-0.2, 0) is 36.8 Å². The number of benzene rings is 2. The number of rotatable bonds is 18. The molecule has 4 amide bonds. The summed E-state index contributed by atoms with van der Waals surface area (Å²) in [6.07, 6.45) is -5.04. The van der Waals surface area contributed by atoms with Gasteiger partial charge in [0, 0.05) is 12.8 Å². The molecular weight excluding hydrogens is 631 g/mol. The zero-order valence-electron chi connectivity index (χ0n) is 25.0. The fourth-order valence-corrected chi connectivity index (χ4v) is 4.67. The van der Waals surface area contributed by atoms with Crippen molar-refractivity contribution in [3.8, 4) is 5.75 Å². The summed E-state index contributed by atoms with van der Waals surface area (Å²) >= 11 is 1.39. The van der Waals surface area contributed by atoms with E-state index < -0.39 is 79.3 Å². The summed E-state index contributed by atoms with van der Waals surface area (Å²) in [6.45, 7) is -0.760. The topological polar surface area (TPSA) is 200 Å². The number of amides is 4. The number of carboxylic acid groups (broad SMARTS) is 1. The van der Waals surface area contributed by atoms with Gasteiger partial charge in [-0.15, -0.1) is 0 Å². The van der Waals surface area contributed by atoms with Crippen molar-refractivity contribution in [2.45, 2.75) is 62.4 Å². The minimum Gasteiger partial charge on any atom is -0.508 e. The van der Waals surface area contributed by atoms with Crippen LogP contribution in [0.15, 0.2) is 54.6 Å². The quantitative estimate of drug-likeness (QED) is 0.122. The van der Waals surface area contributed by atoms with Crippen LogP contribution in [0.4, 0.5) is 13.2 Å². The lowest BCUT2D eigenvalue weighted by molar-refractivity contribution is -0.143. The summed E-state index contributed by atoms with van der Waals surface area (Å²) in [5.74, 6) is -4.48. The summed E-state index contributed by atoms with van der Waals surface area (Å²) in [5, 5.41) is 28.1. The Morgan fingerprint density at radius 2 is 1.41 bits per heavy atom. The Labute approximate surface area is 268 Å². The lowest BCUT2D eigenvalue weighted by Gasteiger charge is -2.23. The molecule has 8 N–H and O–H groups in total. The molecule has 12 nitrogen and oxygen atoms in total. The minimum absolute atomic E-state index is 0.0164. The fraction of sp³-hybridized carbons (Fsp3) is 0.433. The van der Waals surface area contributed by atoms with Crippen LogP contribution in [-0.4, -0.2) is 88.7 Å². The summed E-state index contributed by atoms with van der Waals surface area (Å²) in [7, 11) is 0. The van der Waals surface area contributed by atoms with Gasteiger partial charge >= 0.3 is 12.1 Å². The molecule has 0 heterocycles. The largest absolute Gasteiger partial charge is 0.508 e. The molecule has 4 atom stereocenters. The zero-order chi connectivity index (χ0) is 34.3. The molecule has 16 heteroatoms. The number of nitrogens with two attached hydrogens (primary N) is 1. The number of hydrogen-bond acceptors (Lipinski definition) is 8. The Bertz CT molecular complexity index is 1320. The molecule has 0 radical (unpaired) electrons. The highest BCUT2D eigenvalue weighted by Gasteiger charge is 2.33. The van der Waals surface area contributed by atoms with E-state index in [0.29, 0.717) is 16.9 Å². The van der Waals surface area contributed by atoms with Gasteiger partial charge in [0.2, 0.25) is 23.6 Å². The summed E-state index contributed by atoms with van der Waals surface area (Å²) in [4.78, 5) is 63.1. The number of hydrogen-bond donors (Lipinski definition) is 7. The molecule has 0 aliphatic rings. The Morgan fingerprint density at radius 1 is 0.804 bits per heavy atom. The Balaban J connectivity index is 2.09. The number of phenolic OH excluding ortho intramolecular Hbond substituents is 1. The van der Waals surface area contributed by atoms with E-state index in [1.54, 1.807) is 36.6 Å². The van der Waals surface area contributed by atoms with Gasteiger partial charge in [0.1, 0.15) is 23.9 Å². The second-order valence-electron chi connectivity index (χ2n) is 10.4. The van der Waals surface area contributed by atoms with Gasteiger partial charge in [-0.25, -0.2) is 4.79 Å². The summed E-state index contributed by atoms with van der Waals surface area (Å²) in [6, 6.07) is 8.89. The van der Waals surface area contributed by atoms with Crippen LogP contribution in [0, 0.1) is 0 Å². The average Bonchev–Trinajstić information content (AvgIpc) is 3.00. The number of carbonyl (C=O) groups is 5. The number of carbonyl (C=O) groups excluding carboxylic acids is 4. The second kappa shape index (κ2) is 18.6. The third-order valence-corrected chi connectivity index (χ3v) is 7.30.